The molecule has 0 amide bonds. The predicted octanol–water partition coefficient (Wildman–Crippen LogP) is 2.80. The first-order valence-electron chi connectivity index (χ1n) is 3.10. The molecule has 0 saturated heterocycles. The van der Waals surface area contributed by atoms with Gasteiger partial charge in [0.25, 0.3) is 0 Å². The molecular formula is C7H6Cl2O2S. The second-order valence-corrected chi connectivity index (χ2v) is 4.30. The summed E-state index contributed by atoms with van der Waals surface area (Å²) in [6.45, 7) is 0. The topological polar surface area (TPSA) is 37.3 Å². The Morgan fingerprint density at radius 2 is 1.83 bits per heavy atom. The summed E-state index contributed by atoms with van der Waals surface area (Å²) < 4.78 is 18.3. The molecule has 0 aliphatic carbocycles. The minimum Gasteiger partial charge on any atom is -0.305 e. The van der Waals surface area contributed by atoms with Gasteiger partial charge in [0.1, 0.15) is 0 Å². The molecule has 1 aromatic rings. The van der Waals surface area contributed by atoms with E-state index in [4.69, 9.17) is 27.8 Å². The van der Waals surface area contributed by atoms with Gasteiger partial charge in [0, 0.05) is 5.02 Å². The molecule has 0 bridgehead atoms. The van der Waals surface area contributed by atoms with E-state index in [1.807, 2.05) is 0 Å². The van der Waals surface area contributed by atoms with Crippen LogP contribution < -0.4 is 0 Å². The van der Waals surface area contributed by atoms with Crippen LogP contribution in [-0.4, -0.2) is 8.76 Å². The standard InChI is InChI=1S/C7H6Cl2O2S/c8-6-3-1-5(2-4-6)7(9)12(10)11/h1-4,7H,(H,10,11). The molecule has 1 aromatic carbocycles. The molecule has 12 heavy (non-hydrogen) atoms. The molecule has 0 saturated carbocycles. The fourth-order valence-electron chi connectivity index (χ4n) is 0.731. The summed E-state index contributed by atoms with van der Waals surface area (Å²) in [5.74, 6) is 0. The number of hydrogen-bond donors (Lipinski definition) is 1. The Kier molecular flexibility index (Phi) is 3.53. The van der Waals surface area contributed by atoms with Gasteiger partial charge in [0.05, 0.1) is 0 Å². The summed E-state index contributed by atoms with van der Waals surface area (Å²) in [5.41, 5.74) is 0.585. The van der Waals surface area contributed by atoms with E-state index in [-0.39, 0.29) is 0 Å². The Morgan fingerprint density at radius 1 is 1.33 bits per heavy atom. The normalized spacial score (nSPS) is 15.6. The fourth-order valence-corrected chi connectivity index (χ4v) is 1.39. The van der Waals surface area contributed by atoms with Gasteiger partial charge in [0.2, 0.25) is 0 Å². The van der Waals surface area contributed by atoms with Gasteiger partial charge in [-0.1, -0.05) is 23.7 Å². The summed E-state index contributed by atoms with van der Waals surface area (Å²) in [6, 6.07) is 6.49. The maximum Gasteiger partial charge on any atom is 0.176 e. The monoisotopic (exact) mass is 224 g/mol. The molecule has 0 heterocycles. The van der Waals surface area contributed by atoms with Crippen molar-refractivity contribution < 1.29 is 8.76 Å². The molecule has 2 atom stereocenters. The molecule has 66 valence electrons. The molecule has 1 N–H and O–H groups in total. The summed E-state index contributed by atoms with van der Waals surface area (Å²) in [6.07, 6.45) is 0. The van der Waals surface area contributed by atoms with Gasteiger partial charge in [-0.3, -0.25) is 0 Å². The number of hydrogen-bond acceptors (Lipinski definition) is 1. The van der Waals surface area contributed by atoms with E-state index in [2.05, 4.69) is 0 Å². The molecule has 0 aliphatic heterocycles. The summed E-state index contributed by atoms with van der Waals surface area (Å²) in [4.78, 5) is 0. The summed E-state index contributed by atoms with van der Waals surface area (Å²) >= 11 is 9.17. The molecule has 0 radical (unpaired) electrons. The van der Waals surface area contributed by atoms with Crippen molar-refractivity contribution in [1.29, 1.82) is 0 Å². The minimum absolute atomic E-state index is 0.575. The average Bonchev–Trinajstić information content (AvgIpc) is 2.04. The van der Waals surface area contributed by atoms with E-state index >= 15 is 0 Å². The minimum atomic E-state index is -2.05. The van der Waals surface area contributed by atoms with Crippen LogP contribution in [0.3, 0.4) is 0 Å². The number of benzene rings is 1. The van der Waals surface area contributed by atoms with Crippen LogP contribution in [0.1, 0.15) is 10.3 Å². The van der Waals surface area contributed by atoms with E-state index in [1.54, 1.807) is 24.3 Å². The Morgan fingerprint density at radius 3 is 2.25 bits per heavy atom. The van der Waals surface area contributed by atoms with Gasteiger partial charge in [0.15, 0.2) is 15.8 Å². The van der Waals surface area contributed by atoms with Crippen LogP contribution in [0.4, 0.5) is 0 Å². The van der Waals surface area contributed by atoms with Crippen LogP contribution in [-0.2, 0) is 11.1 Å². The molecule has 2 nitrogen and oxygen atoms in total. The Bertz CT molecular complexity index is 286. The van der Waals surface area contributed by atoms with Crippen LogP contribution in [0, 0.1) is 0 Å². The zero-order valence-corrected chi connectivity index (χ0v) is 8.23. The van der Waals surface area contributed by atoms with Gasteiger partial charge in [-0.2, -0.15) is 0 Å². The van der Waals surface area contributed by atoms with Crippen molar-refractivity contribution in [3.8, 4) is 0 Å². The lowest BCUT2D eigenvalue weighted by molar-refractivity contribution is 0.562. The average molecular weight is 225 g/mol. The molecule has 0 fully saturated rings. The third-order valence-corrected chi connectivity index (χ3v) is 2.90. The fraction of sp³-hybridized carbons (Fsp3) is 0.143. The van der Waals surface area contributed by atoms with E-state index in [0.29, 0.717) is 10.6 Å². The highest BCUT2D eigenvalue weighted by molar-refractivity contribution is 7.80. The zero-order chi connectivity index (χ0) is 9.14. The van der Waals surface area contributed by atoms with E-state index in [9.17, 15) is 4.21 Å². The largest absolute Gasteiger partial charge is 0.305 e. The van der Waals surface area contributed by atoms with Gasteiger partial charge in [-0.15, -0.1) is 11.6 Å². The molecular weight excluding hydrogens is 219 g/mol. The number of alkyl halides is 1. The van der Waals surface area contributed by atoms with Crippen molar-refractivity contribution in [2.45, 2.75) is 4.71 Å². The maximum atomic E-state index is 10.5. The quantitative estimate of drug-likeness (QED) is 0.620. The third kappa shape index (κ3) is 2.45. The van der Waals surface area contributed by atoms with Crippen molar-refractivity contribution in [3.05, 3.63) is 34.9 Å². The van der Waals surface area contributed by atoms with E-state index in [1.165, 1.54) is 0 Å². The Labute approximate surface area is 82.8 Å². The van der Waals surface area contributed by atoms with Crippen LogP contribution in [0.5, 0.6) is 0 Å². The van der Waals surface area contributed by atoms with E-state index in [0.717, 1.165) is 0 Å². The summed E-state index contributed by atoms with van der Waals surface area (Å²) in [5, 5.41) is 0.575. The molecule has 0 aliphatic rings. The zero-order valence-electron chi connectivity index (χ0n) is 5.91. The highest BCUT2D eigenvalue weighted by Gasteiger charge is 2.12. The molecule has 5 heteroatoms. The Balaban J connectivity index is 2.89. The highest BCUT2D eigenvalue weighted by atomic mass is 35.5. The first kappa shape index (κ1) is 9.99. The highest BCUT2D eigenvalue weighted by Crippen LogP contribution is 2.24. The van der Waals surface area contributed by atoms with Crippen LogP contribution in [0.15, 0.2) is 24.3 Å². The lowest BCUT2D eigenvalue weighted by Gasteiger charge is -2.03. The lowest BCUT2D eigenvalue weighted by atomic mass is 10.2. The van der Waals surface area contributed by atoms with Crippen LogP contribution >= 0.6 is 23.2 Å². The third-order valence-electron chi connectivity index (χ3n) is 1.31. The first-order valence-corrected chi connectivity index (χ1v) is 5.09. The second kappa shape index (κ2) is 4.23. The predicted molar refractivity (Wildman–Crippen MR) is 50.8 cm³/mol. The van der Waals surface area contributed by atoms with Gasteiger partial charge >= 0.3 is 0 Å². The SMILES string of the molecule is O=S(O)C(Cl)c1ccc(Cl)cc1. The van der Waals surface area contributed by atoms with Crippen molar-refractivity contribution in [2.24, 2.45) is 0 Å². The lowest BCUT2D eigenvalue weighted by Crippen LogP contribution is -1.97. The van der Waals surface area contributed by atoms with Crippen molar-refractivity contribution in [2.75, 3.05) is 0 Å². The second-order valence-electron chi connectivity index (χ2n) is 2.14. The van der Waals surface area contributed by atoms with Crippen molar-refractivity contribution >= 4 is 34.3 Å². The van der Waals surface area contributed by atoms with Gasteiger partial charge in [-0.05, 0) is 17.7 Å². The first-order chi connectivity index (χ1) is 5.61. The van der Waals surface area contributed by atoms with Gasteiger partial charge < -0.3 is 4.55 Å². The molecule has 0 spiro atoms. The van der Waals surface area contributed by atoms with Crippen molar-refractivity contribution in [3.63, 3.8) is 0 Å². The maximum absolute atomic E-state index is 10.5. The van der Waals surface area contributed by atoms with Crippen LogP contribution in [0.25, 0.3) is 0 Å². The Hall–Kier alpha value is -0.0900. The smallest absolute Gasteiger partial charge is 0.176 e. The summed E-state index contributed by atoms with van der Waals surface area (Å²) in [7, 11) is 0. The molecule has 1 rings (SSSR count). The van der Waals surface area contributed by atoms with E-state index < -0.39 is 15.8 Å². The number of rotatable bonds is 2. The molecule has 0 aromatic heterocycles. The molecule has 2 unspecified atom stereocenters. The van der Waals surface area contributed by atoms with Crippen LogP contribution in [0.2, 0.25) is 5.02 Å². The van der Waals surface area contributed by atoms with Gasteiger partial charge in [-0.25, -0.2) is 4.21 Å². The van der Waals surface area contributed by atoms with Crippen molar-refractivity contribution in [1.82, 2.24) is 0 Å². The number of halogens is 2.